The summed E-state index contributed by atoms with van der Waals surface area (Å²) in [5.74, 6) is 0.893. The minimum absolute atomic E-state index is 0.0346. The highest BCUT2D eigenvalue weighted by atomic mass is 32.1. The van der Waals surface area contributed by atoms with E-state index in [-0.39, 0.29) is 11.8 Å². The van der Waals surface area contributed by atoms with Crippen molar-refractivity contribution in [1.29, 1.82) is 0 Å². The molecule has 59 heavy (non-hydrogen) atoms. The minimum atomic E-state index is 0.0346. The summed E-state index contributed by atoms with van der Waals surface area (Å²) in [5.41, 5.74) is 3.04. The van der Waals surface area contributed by atoms with Gasteiger partial charge in [-0.1, -0.05) is 156 Å². The van der Waals surface area contributed by atoms with E-state index in [0.717, 1.165) is 61.6 Å². The fraction of sp³-hybridized carbons (Fsp3) is 0.667. The average Bonchev–Trinajstić information content (AvgIpc) is 4.07. The zero-order valence-corrected chi connectivity index (χ0v) is 40.3. The van der Waals surface area contributed by atoms with Gasteiger partial charge in [0.15, 0.2) is 0 Å². The molecule has 2 atom stereocenters. The van der Waals surface area contributed by atoms with E-state index in [1.54, 1.807) is 34.0 Å². The lowest BCUT2D eigenvalue weighted by Gasteiger charge is -2.29. The Bertz CT molecular complexity index is 1800. The van der Waals surface area contributed by atoms with Crippen LogP contribution in [0.3, 0.4) is 0 Å². The molecule has 0 saturated carbocycles. The summed E-state index contributed by atoms with van der Waals surface area (Å²) in [6.45, 7) is 14.7. The van der Waals surface area contributed by atoms with Gasteiger partial charge >= 0.3 is 0 Å². The Balaban J connectivity index is 1.53. The average molecular weight is 860 g/mol. The van der Waals surface area contributed by atoms with Gasteiger partial charge in [-0.05, 0) is 75.6 Å². The zero-order valence-electron chi connectivity index (χ0n) is 37.8. The van der Waals surface area contributed by atoms with E-state index in [0.29, 0.717) is 36.1 Å². The molecule has 2 aliphatic heterocycles. The molecule has 0 radical (unpaired) electrons. The lowest BCUT2D eigenvalue weighted by molar-refractivity contribution is -0.124. The molecular formula is C51H77N3O2S3. The molecule has 0 saturated heterocycles. The van der Waals surface area contributed by atoms with Crippen LogP contribution in [0.15, 0.2) is 41.6 Å². The van der Waals surface area contributed by atoms with E-state index in [2.05, 4.69) is 80.6 Å². The van der Waals surface area contributed by atoms with Crippen molar-refractivity contribution in [3.63, 3.8) is 0 Å². The number of nitrogens with zero attached hydrogens (tertiary/aromatic N) is 3. The predicted octanol–water partition coefficient (Wildman–Crippen LogP) is 16.0. The van der Waals surface area contributed by atoms with Crippen LogP contribution in [0.25, 0.3) is 21.1 Å². The summed E-state index contributed by atoms with van der Waals surface area (Å²) < 4.78 is 0. The SMILES string of the molecule is CCCCCCCCC(CCCCCC)CN1C(=O)C2=C(c3ccc(-c4cnc(C)s4)s3)N(CC(CCCCCC)CCCCCCCC)C(=O)C2=C1c1ccc(C)s1. The molecule has 2 unspecified atom stereocenters. The first-order valence-electron chi connectivity index (χ1n) is 24.0. The van der Waals surface area contributed by atoms with Gasteiger partial charge in [-0.2, -0.15) is 0 Å². The molecule has 0 fully saturated rings. The Labute approximate surface area is 371 Å². The van der Waals surface area contributed by atoms with Gasteiger partial charge in [0.1, 0.15) is 0 Å². The fourth-order valence-corrected chi connectivity index (χ4v) is 12.1. The maximum absolute atomic E-state index is 15.4. The van der Waals surface area contributed by atoms with Crippen molar-refractivity contribution in [2.45, 2.75) is 196 Å². The number of rotatable bonds is 31. The van der Waals surface area contributed by atoms with E-state index in [4.69, 9.17) is 0 Å². The standard InChI is InChI=1S/C51H77N3O2S3/c1-7-11-15-19-21-25-29-40(27-23-17-13-9-3)36-53-48(43-32-31-38(5)57-43)46-47(51(53)56)49(44-34-33-42(59-44)45-35-52-39(6)58-45)54(50(46)55)37-41(28-24-18-14-10-4)30-26-22-20-16-12-8-2/h31-35,40-41H,7-30,36-37H2,1-6H3. The molecule has 0 bridgehead atoms. The van der Waals surface area contributed by atoms with E-state index in [1.165, 1.54) is 133 Å². The molecule has 3 aromatic heterocycles. The van der Waals surface area contributed by atoms with Crippen molar-refractivity contribution < 1.29 is 9.59 Å². The van der Waals surface area contributed by atoms with Crippen LogP contribution < -0.4 is 0 Å². The molecular weight excluding hydrogens is 783 g/mol. The van der Waals surface area contributed by atoms with Crippen LogP contribution in [0.4, 0.5) is 0 Å². The summed E-state index contributed by atoms with van der Waals surface area (Å²) in [6, 6.07) is 8.67. The highest BCUT2D eigenvalue weighted by Gasteiger charge is 2.50. The molecule has 3 aromatic rings. The lowest BCUT2D eigenvalue weighted by Crippen LogP contribution is -2.34. The molecule has 326 valence electrons. The number of hydrogen-bond donors (Lipinski definition) is 0. The number of fused-ring (bicyclic) bond motifs is 1. The smallest absolute Gasteiger partial charge is 0.261 e. The van der Waals surface area contributed by atoms with Crippen molar-refractivity contribution in [2.24, 2.45) is 11.8 Å². The third kappa shape index (κ3) is 13.5. The molecule has 0 aliphatic carbocycles. The minimum Gasteiger partial charge on any atom is -0.306 e. The third-order valence-corrected chi connectivity index (χ3v) is 15.8. The maximum atomic E-state index is 15.4. The topological polar surface area (TPSA) is 53.5 Å². The van der Waals surface area contributed by atoms with Crippen molar-refractivity contribution >= 4 is 57.2 Å². The molecule has 8 heteroatoms. The van der Waals surface area contributed by atoms with E-state index in [9.17, 15) is 0 Å². The lowest BCUT2D eigenvalue weighted by atomic mass is 9.93. The summed E-state index contributed by atoms with van der Waals surface area (Å²) in [5, 5.41) is 1.04. The van der Waals surface area contributed by atoms with Gasteiger partial charge in [0.25, 0.3) is 11.8 Å². The van der Waals surface area contributed by atoms with Crippen molar-refractivity contribution in [3.05, 3.63) is 61.2 Å². The number of carbonyl (C=O) groups is 2. The summed E-state index contributed by atoms with van der Waals surface area (Å²) in [6.07, 6.45) is 31.7. The number of carbonyl (C=O) groups excluding carboxylic acids is 2. The molecule has 0 aromatic carbocycles. The Kier molecular flexibility index (Phi) is 20.4. The molecule has 0 N–H and O–H groups in total. The van der Waals surface area contributed by atoms with Crippen LogP contribution in [0.2, 0.25) is 0 Å². The second kappa shape index (κ2) is 25.4. The van der Waals surface area contributed by atoms with E-state index in [1.807, 2.05) is 6.20 Å². The molecule has 5 nitrogen and oxygen atoms in total. The Morgan fingerprint density at radius 3 is 1.27 bits per heavy atom. The number of unbranched alkanes of at least 4 members (excludes halogenated alkanes) is 16. The van der Waals surface area contributed by atoms with Gasteiger partial charge in [-0.15, -0.1) is 34.0 Å². The Morgan fingerprint density at radius 2 is 0.864 bits per heavy atom. The largest absolute Gasteiger partial charge is 0.306 e. The van der Waals surface area contributed by atoms with E-state index >= 15 is 9.59 Å². The molecule has 5 rings (SSSR count). The first kappa shape index (κ1) is 47.5. The van der Waals surface area contributed by atoms with Crippen molar-refractivity contribution in [2.75, 3.05) is 13.1 Å². The highest BCUT2D eigenvalue weighted by Crippen LogP contribution is 2.50. The van der Waals surface area contributed by atoms with Gasteiger partial charge in [-0.3, -0.25) is 9.59 Å². The van der Waals surface area contributed by atoms with Crippen molar-refractivity contribution in [3.8, 4) is 9.75 Å². The van der Waals surface area contributed by atoms with Crippen LogP contribution in [-0.2, 0) is 9.59 Å². The predicted molar refractivity (Wildman–Crippen MR) is 257 cm³/mol. The van der Waals surface area contributed by atoms with Gasteiger partial charge in [0.05, 0.1) is 42.2 Å². The van der Waals surface area contributed by atoms with Gasteiger partial charge in [0, 0.05) is 29.0 Å². The summed E-state index contributed by atoms with van der Waals surface area (Å²) >= 11 is 5.14. The van der Waals surface area contributed by atoms with Crippen LogP contribution in [-0.4, -0.2) is 39.7 Å². The van der Waals surface area contributed by atoms with Gasteiger partial charge in [0.2, 0.25) is 0 Å². The fourth-order valence-electron chi connectivity index (χ4n) is 9.21. The monoisotopic (exact) mass is 860 g/mol. The second-order valence-corrected chi connectivity index (χ2v) is 21.2. The summed E-state index contributed by atoms with van der Waals surface area (Å²) in [7, 11) is 0. The Hall–Kier alpha value is -2.55. The molecule has 0 spiro atoms. The first-order chi connectivity index (χ1) is 28.8. The molecule has 2 amide bonds. The first-order valence-corrected chi connectivity index (χ1v) is 26.5. The highest BCUT2D eigenvalue weighted by molar-refractivity contribution is 7.22. The van der Waals surface area contributed by atoms with E-state index < -0.39 is 0 Å². The quantitative estimate of drug-likeness (QED) is 0.0606. The Morgan fingerprint density at radius 1 is 0.475 bits per heavy atom. The number of hydrogen-bond acceptors (Lipinski definition) is 6. The summed E-state index contributed by atoms with van der Waals surface area (Å²) in [4.78, 5) is 45.0. The maximum Gasteiger partial charge on any atom is 0.261 e. The normalized spacial score (nSPS) is 15.4. The van der Waals surface area contributed by atoms with Crippen LogP contribution in [0, 0.1) is 25.7 Å². The zero-order chi connectivity index (χ0) is 42.0. The van der Waals surface area contributed by atoms with Crippen LogP contribution >= 0.6 is 34.0 Å². The number of thiophene rings is 2. The second-order valence-electron chi connectivity index (χ2n) is 17.6. The number of thiazole rings is 1. The van der Waals surface area contributed by atoms with Crippen molar-refractivity contribution in [1.82, 2.24) is 14.8 Å². The molecule has 5 heterocycles. The van der Waals surface area contributed by atoms with Gasteiger partial charge in [-0.25, -0.2) is 4.98 Å². The third-order valence-electron chi connectivity index (χ3n) is 12.6. The number of amides is 2. The molecule has 2 aliphatic rings. The number of aromatic nitrogens is 1. The number of aryl methyl sites for hydroxylation is 2. The van der Waals surface area contributed by atoms with Crippen LogP contribution in [0.5, 0.6) is 0 Å². The van der Waals surface area contributed by atoms with Gasteiger partial charge < -0.3 is 9.80 Å². The van der Waals surface area contributed by atoms with Crippen LogP contribution in [0.1, 0.15) is 201 Å².